The van der Waals surface area contributed by atoms with Crippen LogP contribution in [0.4, 0.5) is 0 Å². The van der Waals surface area contributed by atoms with Crippen LogP contribution in [0.25, 0.3) is 32.6 Å². The van der Waals surface area contributed by atoms with Gasteiger partial charge in [0.05, 0.1) is 33.9 Å². The Kier molecular flexibility index (Phi) is 9.37. The molecular weight excluding hydrogens is 693 g/mol. The lowest BCUT2D eigenvalue weighted by atomic mass is 9.72. The smallest absolute Gasteiger partial charge is 0.242 e. The minimum atomic E-state index is -0.233. The van der Waals surface area contributed by atoms with Gasteiger partial charge in [-0.2, -0.15) is 0 Å². The largest absolute Gasteiger partial charge is 0.466 e. The topological polar surface area (TPSA) is 76.5 Å². The summed E-state index contributed by atoms with van der Waals surface area (Å²) in [5, 5.41) is 14.0. The molecule has 0 N–H and O–H groups in total. The van der Waals surface area contributed by atoms with E-state index < -0.39 is 0 Å². The summed E-state index contributed by atoms with van der Waals surface area (Å²) in [6.45, 7) is 13.5. The Balaban J connectivity index is 1.06. The van der Waals surface area contributed by atoms with E-state index in [1.807, 2.05) is 12.4 Å². The van der Waals surface area contributed by atoms with Gasteiger partial charge < -0.3 is 9.47 Å². The third kappa shape index (κ3) is 6.29. The fraction of sp³-hybridized carbons (Fsp3) is 0.458. The van der Waals surface area contributed by atoms with Crippen LogP contribution in [-0.4, -0.2) is 68.2 Å². The van der Waals surface area contributed by atoms with E-state index in [0.29, 0.717) is 23.6 Å². The second kappa shape index (κ2) is 14.7. The van der Waals surface area contributed by atoms with Gasteiger partial charge in [0, 0.05) is 47.4 Å². The predicted octanol–water partition coefficient (Wildman–Crippen LogP) is 9.82. The molecule has 6 fully saturated rings. The minimum absolute atomic E-state index is 0.231. The highest BCUT2D eigenvalue weighted by molar-refractivity contribution is 5.91. The van der Waals surface area contributed by atoms with Crippen LogP contribution in [0.5, 0.6) is 11.8 Å². The second-order valence-corrected chi connectivity index (χ2v) is 17.3. The molecule has 10 atom stereocenters. The molecule has 6 aliphatic heterocycles. The maximum Gasteiger partial charge on any atom is 0.242 e. The molecule has 6 saturated heterocycles. The SMILES string of the molecule is CCC1CN2CCC1C[C@@H]2[C@@H](Oc1nnc(O[C@@H](c2ccnc3ccc(C)cc23)[C@H]2C[C@H]3CCN2C[C@@H]3CC)c2ccccc12)c1ccnc2ccc(C)cc12. The van der Waals surface area contributed by atoms with Crippen LogP contribution < -0.4 is 9.47 Å². The Morgan fingerprint density at radius 2 is 1.07 bits per heavy atom. The number of pyridine rings is 2. The highest BCUT2D eigenvalue weighted by Crippen LogP contribution is 2.47. The van der Waals surface area contributed by atoms with Gasteiger partial charge in [0.15, 0.2) is 0 Å². The maximum absolute atomic E-state index is 7.30. The summed E-state index contributed by atoms with van der Waals surface area (Å²) in [4.78, 5) is 14.9. The molecule has 0 amide bonds. The van der Waals surface area contributed by atoms with Crippen molar-refractivity contribution < 1.29 is 9.47 Å². The van der Waals surface area contributed by atoms with Gasteiger partial charge in [-0.15, -0.1) is 10.2 Å². The molecule has 12 rings (SSSR count). The number of fused-ring (bicyclic) bond motifs is 9. The predicted molar refractivity (Wildman–Crippen MR) is 223 cm³/mol. The van der Waals surface area contributed by atoms with Crippen LogP contribution in [0.3, 0.4) is 0 Å². The van der Waals surface area contributed by atoms with E-state index in [-0.39, 0.29) is 24.3 Å². The first-order chi connectivity index (χ1) is 27.4. The van der Waals surface area contributed by atoms with E-state index in [1.54, 1.807) is 0 Å². The number of benzene rings is 3. The van der Waals surface area contributed by atoms with Crippen LogP contribution in [0, 0.1) is 37.5 Å². The Labute approximate surface area is 330 Å². The van der Waals surface area contributed by atoms with Gasteiger partial charge in [0.1, 0.15) is 12.2 Å². The first-order valence-corrected chi connectivity index (χ1v) is 21.2. The van der Waals surface area contributed by atoms with Crippen LogP contribution in [-0.2, 0) is 0 Å². The van der Waals surface area contributed by atoms with Crippen molar-refractivity contribution in [2.24, 2.45) is 23.7 Å². The summed E-state index contributed by atoms with van der Waals surface area (Å²) in [7, 11) is 0. The van der Waals surface area contributed by atoms with Gasteiger partial charge in [-0.05, 0) is 125 Å². The van der Waals surface area contributed by atoms with Crippen molar-refractivity contribution in [3.05, 3.63) is 107 Å². The number of nitrogens with zero attached hydrogens (tertiary/aromatic N) is 6. The zero-order chi connectivity index (χ0) is 37.9. The second-order valence-electron chi connectivity index (χ2n) is 17.3. The molecule has 3 aromatic carbocycles. The summed E-state index contributed by atoms with van der Waals surface area (Å²) >= 11 is 0. The van der Waals surface area contributed by atoms with Gasteiger partial charge in [-0.1, -0.05) is 62.1 Å². The minimum Gasteiger partial charge on any atom is -0.466 e. The summed E-state index contributed by atoms with van der Waals surface area (Å²) < 4.78 is 14.6. The standard InChI is InChI=1S/C48H54N6O2/c1-5-31-27-53-21-17-33(31)25-43(53)45(35-15-19-49-41-13-11-29(3)23-39(35)41)55-47-37-9-7-8-10-38(37)48(52-51-47)56-46(44-26-34-18-22-54(44)28-32(34)6-2)36-16-20-50-42-14-12-30(4)24-40(36)42/h7-16,19-20,23-24,31-34,43-46H,5-6,17-18,21-22,25-28H2,1-4H3/t31-,32?,33+,34?,43+,44+,45-,46-/m0/s1. The first kappa shape index (κ1) is 35.7. The van der Waals surface area contributed by atoms with Crippen molar-refractivity contribution in [2.45, 2.75) is 90.5 Å². The van der Waals surface area contributed by atoms with E-state index in [0.717, 1.165) is 83.4 Å². The number of aromatic nitrogens is 4. The Morgan fingerprint density at radius 3 is 1.48 bits per heavy atom. The molecule has 8 nitrogen and oxygen atoms in total. The molecular formula is C48H54N6O2. The Bertz CT molecular complexity index is 2230. The van der Waals surface area contributed by atoms with Gasteiger partial charge in [0.25, 0.3) is 0 Å². The lowest BCUT2D eigenvalue weighted by Gasteiger charge is -2.52. The summed E-state index contributed by atoms with van der Waals surface area (Å²) in [6, 6.07) is 26.3. The maximum atomic E-state index is 7.30. The van der Waals surface area contributed by atoms with Crippen molar-refractivity contribution in [1.29, 1.82) is 0 Å². The molecule has 288 valence electrons. The van der Waals surface area contributed by atoms with E-state index in [1.165, 1.54) is 47.9 Å². The van der Waals surface area contributed by atoms with Gasteiger partial charge in [-0.25, -0.2) is 0 Å². The molecule has 6 aromatic rings. The van der Waals surface area contributed by atoms with E-state index >= 15 is 0 Å². The average Bonchev–Trinajstić information content (AvgIpc) is 3.25. The Morgan fingerprint density at radius 1 is 0.607 bits per heavy atom. The number of aryl methyl sites for hydroxylation is 2. The fourth-order valence-electron chi connectivity index (χ4n) is 11.1. The molecule has 0 spiro atoms. The molecule has 56 heavy (non-hydrogen) atoms. The average molecular weight is 747 g/mol. The molecule has 0 saturated carbocycles. The Hall–Kier alpha value is -4.66. The van der Waals surface area contributed by atoms with Gasteiger partial charge in [0.2, 0.25) is 11.8 Å². The van der Waals surface area contributed by atoms with Crippen molar-refractivity contribution in [3.8, 4) is 11.8 Å². The molecule has 4 bridgehead atoms. The molecule has 9 heterocycles. The number of piperidine rings is 6. The van der Waals surface area contributed by atoms with Crippen LogP contribution in [0.2, 0.25) is 0 Å². The highest BCUT2D eigenvalue weighted by Gasteiger charge is 2.46. The number of rotatable bonds is 10. The first-order valence-electron chi connectivity index (χ1n) is 21.2. The molecule has 3 aromatic heterocycles. The van der Waals surface area contributed by atoms with Crippen LogP contribution >= 0.6 is 0 Å². The van der Waals surface area contributed by atoms with Crippen molar-refractivity contribution >= 4 is 32.6 Å². The summed E-state index contributed by atoms with van der Waals surface area (Å²) in [5.41, 5.74) is 6.75. The quantitative estimate of drug-likeness (QED) is 0.137. The van der Waals surface area contributed by atoms with Gasteiger partial charge in [-0.3, -0.25) is 19.8 Å². The number of ether oxygens (including phenoxy) is 2. The van der Waals surface area contributed by atoms with Crippen molar-refractivity contribution in [1.82, 2.24) is 30.0 Å². The zero-order valence-electron chi connectivity index (χ0n) is 33.3. The van der Waals surface area contributed by atoms with Gasteiger partial charge >= 0.3 is 0 Å². The molecule has 6 aliphatic rings. The normalized spacial score (nSPS) is 28.1. The summed E-state index contributed by atoms with van der Waals surface area (Å²) in [5.74, 6) is 4.01. The summed E-state index contributed by atoms with van der Waals surface area (Å²) in [6.07, 6.45) is 10.6. The van der Waals surface area contributed by atoms with Crippen LogP contribution in [0.15, 0.2) is 85.2 Å². The zero-order valence-corrected chi connectivity index (χ0v) is 33.3. The fourth-order valence-corrected chi connectivity index (χ4v) is 11.1. The molecule has 0 aliphatic carbocycles. The lowest BCUT2D eigenvalue weighted by Crippen LogP contribution is -2.56. The lowest BCUT2D eigenvalue weighted by molar-refractivity contribution is -0.0505. The molecule has 4 unspecified atom stereocenters. The van der Waals surface area contributed by atoms with E-state index in [2.05, 4.69) is 110 Å². The monoisotopic (exact) mass is 746 g/mol. The van der Waals surface area contributed by atoms with Crippen molar-refractivity contribution in [3.63, 3.8) is 0 Å². The van der Waals surface area contributed by atoms with E-state index in [9.17, 15) is 0 Å². The highest BCUT2D eigenvalue weighted by atomic mass is 16.5. The van der Waals surface area contributed by atoms with Crippen LogP contribution in [0.1, 0.15) is 86.8 Å². The molecule has 8 heteroatoms. The number of hydrogen-bond donors (Lipinski definition) is 0. The van der Waals surface area contributed by atoms with Crippen molar-refractivity contribution in [2.75, 3.05) is 26.2 Å². The third-order valence-electron chi connectivity index (χ3n) is 14.2. The molecule has 0 radical (unpaired) electrons. The van der Waals surface area contributed by atoms with E-state index in [4.69, 9.17) is 29.6 Å². The number of hydrogen-bond acceptors (Lipinski definition) is 8. The third-order valence-corrected chi connectivity index (χ3v) is 14.2.